The number of aryl methyl sites for hydroxylation is 1. The Labute approximate surface area is 128 Å². The maximum absolute atomic E-state index is 10.9. The Balaban J connectivity index is 2.24. The fourth-order valence-corrected chi connectivity index (χ4v) is 2.79. The lowest BCUT2D eigenvalue weighted by Gasteiger charge is -2.08. The molecule has 8 heteroatoms. The van der Waals surface area contributed by atoms with Crippen LogP contribution < -0.4 is 4.74 Å². The van der Waals surface area contributed by atoms with Gasteiger partial charge in [-0.15, -0.1) is 11.3 Å². The van der Waals surface area contributed by atoms with E-state index in [1.807, 2.05) is 0 Å². The molecule has 0 spiro atoms. The third-order valence-electron chi connectivity index (χ3n) is 2.75. The summed E-state index contributed by atoms with van der Waals surface area (Å²) in [5, 5.41) is 20.0. The number of aromatic carboxylic acids is 1. The van der Waals surface area contributed by atoms with E-state index in [4.69, 9.17) is 21.4 Å². The molecule has 6 nitrogen and oxygen atoms in total. The van der Waals surface area contributed by atoms with Gasteiger partial charge >= 0.3 is 11.7 Å². The largest absolute Gasteiger partial charge is 0.481 e. The van der Waals surface area contributed by atoms with E-state index in [1.54, 1.807) is 6.92 Å². The number of halogens is 1. The SMILES string of the molecule is Cc1sc(C(=O)O)cc1COc1c(Cl)cccc1[N+](=O)[O-]. The van der Waals surface area contributed by atoms with Crippen molar-refractivity contribution in [3.63, 3.8) is 0 Å². The van der Waals surface area contributed by atoms with Crippen LogP contribution in [0.25, 0.3) is 0 Å². The van der Waals surface area contributed by atoms with Crippen molar-refractivity contribution in [2.24, 2.45) is 0 Å². The molecule has 0 amide bonds. The first-order valence-electron chi connectivity index (χ1n) is 5.78. The van der Waals surface area contributed by atoms with E-state index in [1.165, 1.54) is 24.3 Å². The molecule has 2 aromatic rings. The standard InChI is InChI=1S/C13H10ClNO5S/c1-7-8(5-11(21-7)13(16)17)6-20-12-9(14)3-2-4-10(12)15(18)19/h2-5H,6H2,1H3,(H,16,17). The molecule has 0 aliphatic rings. The number of carboxylic acid groups (broad SMARTS) is 1. The minimum absolute atomic E-state index is 0.0141. The lowest BCUT2D eigenvalue weighted by molar-refractivity contribution is -0.385. The summed E-state index contributed by atoms with van der Waals surface area (Å²) in [6, 6.07) is 5.74. The quantitative estimate of drug-likeness (QED) is 0.664. The van der Waals surface area contributed by atoms with Crippen molar-refractivity contribution >= 4 is 34.6 Å². The number of nitro benzene ring substituents is 1. The molecule has 0 atom stereocenters. The Morgan fingerprint density at radius 1 is 1.52 bits per heavy atom. The summed E-state index contributed by atoms with van der Waals surface area (Å²) in [4.78, 5) is 22.2. The lowest BCUT2D eigenvalue weighted by Crippen LogP contribution is -2.00. The van der Waals surface area contributed by atoms with Gasteiger partial charge in [-0.1, -0.05) is 17.7 Å². The van der Waals surface area contributed by atoms with Crippen molar-refractivity contribution < 1.29 is 19.6 Å². The molecule has 110 valence electrons. The second kappa shape index (κ2) is 6.11. The highest BCUT2D eigenvalue weighted by Gasteiger charge is 2.19. The zero-order chi connectivity index (χ0) is 15.6. The smallest absolute Gasteiger partial charge is 0.345 e. The number of benzene rings is 1. The van der Waals surface area contributed by atoms with Crippen molar-refractivity contribution in [2.45, 2.75) is 13.5 Å². The summed E-state index contributed by atoms with van der Waals surface area (Å²) in [6.45, 7) is 1.77. The highest BCUT2D eigenvalue weighted by molar-refractivity contribution is 7.14. The van der Waals surface area contributed by atoms with Gasteiger partial charge in [0.25, 0.3) is 0 Å². The van der Waals surface area contributed by atoms with Crippen LogP contribution in [0.5, 0.6) is 5.75 Å². The molecule has 0 fully saturated rings. The topological polar surface area (TPSA) is 89.7 Å². The van der Waals surface area contributed by atoms with Gasteiger partial charge in [0.05, 0.1) is 9.95 Å². The van der Waals surface area contributed by atoms with Crippen LogP contribution in [-0.2, 0) is 6.61 Å². The first-order chi connectivity index (χ1) is 9.90. The van der Waals surface area contributed by atoms with Crippen LogP contribution in [0, 0.1) is 17.0 Å². The zero-order valence-electron chi connectivity index (χ0n) is 10.8. The number of para-hydroxylation sites is 1. The van der Waals surface area contributed by atoms with Gasteiger partial charge in [-0.2, -0.15) is 0 Å². The van der Waals surface area contributed by atoms with E-state index in [-0.39, 0.29) is 27.9 Å². The van der Waals surface area contributed by atoms with Gasteiger partial charge in [0, 0.05) is 16.5 Å². The predicted octanol–water partition coefficient (Wildman–Crippen LogP) is 3.90. The average molecular weight is 328 g/mol. The van der Waals surface area contributed by atoms with Crippen molar-refractivity contribution in [3.8, 4) is 5.75 Å². The fourth-order valence-electron chi connectivity index (χ4n) is 1.70. The van der Waals surface area contributed by atoms with Crippen molar-refractivity contribution in [3.05, 3.63) is 54.7 Å². The predicted molar refractivity (Wildman–Crippen MR) is 78.5 cm³/mol. The molecular weight excluding hydrogens is 318 g/mol. The van der Waals surface area contributed by atoms with Crippen LogP contribution in [0.4, 0.5) is 5.69 Å². The van der Waals surface area contributed by atoms with Crippen molar-refractivity contribution in [1.29, 1.82) is 0 Å². The molecule has 0 saturated heterocycles. The monoisotopic (exact) mass is 327 g/mol. The summed E-state index contributed by atoms with van der Waals surface area (Å²) in [6.07, 6.45) is 0. The van der Waals surface area contributed by atoms with E-state index in [0.29, 0.717) is 5.56 Å². The van der Waals surface area contributed by atoms with E-state index >= 15 is 0 Å². The average Bonchev–Trinajstić information content (AvgIpc) is 2.78. The Morgan fingerprint density at radius 2 is 2.24 bits per heavy atom. The van der Waals surface area contributed by atoms with Crippen LogP contribution in [0.2, 0.25) is 5.02 Å². The van der Waals surface area contributed by atoms with Crippen molar-refractivity contribution in [1.82, 2.24) is 0 Å². The summed E-state index contributed by atoms with van der Waals surface area (Å²) in [5.74, 6) is -1.04. The number of ether oxygens (including phenoxy) is 1. The highest BCUT2D eigenvalue weighted by Crippen LogP contribution is 2.35. The summed E-state index contributed by atoms with van der Waals surface area (Å²) >= 11 is 7.04. The Hall–Kier alpha value is -2.12. The van der Waals surface area contributed by atoms with E-state index < -0.39 is 10.9 Å². The molecular formula is C13H10ClNO5S. The highest BCUT2D eigenvalue weighted by atomic mass is 35.5. The molecule has 0 unspecified atom stereocenters. The second-order valence-corrected chi connectivity index (χ2v) is 5.79. The summed E-state index contributed by atoms with van der Waals surface area (Å²) < 4.78 is 5.43. The Kier molecular flexibility index (Phi) is 4.44. The second-order valence-electron chi connectivity index (χ2n) is 4.13. The first kappa shape index (κ1) is 15.3. The minimum Gasteiger partial charge on any atom is -0.481 e. The van der Waals surface area contributed by atoms with Crippen LogP contribution in [0.1, 0.15) is 20.1 Å². The molecule has 1 heterocycles. The molecule has 0 radical (unpaired) electrons. The number of rotatable bonds is 5. The van der Waals surface area contributed by atoms with Gasteiger partial charge in [-0.05, 0) is 19.1 Å². The van der Waals surface area contributed by atoms with E-state index in [0.717, 1.165) is 16.2 Å². The van der Waals surface area contributed by atoms with Crippen LogP contribution in [0.3, 0.4) is 0 Å². The lowest BCUT2D eigenvalue weighted by atomic mass is 10.2. The van der Waals surface area contributed by atoms with Gasteiger partial charge in [-0.25, -0.2) is 4.79 Å². The minimum atomic E-state index is -1.02. The summed E-state index contributed by atoms with van der Waals surface area (Å²) in [5.41, 5.74) is 0.431. The van der Waals surface area contributed by atoms with E-state index in [9.17, 15) is 14.9 Å². The third kappa shape index (κ3) is 3.32. The Bertz CT molecular complexity index is 713. The van der Waals surface area contributed by atoms with Gasteiger partial charge in [0.15, 0.2) is 0 Å². The molecule has 2 rings (SSSR count). The first-order valence-corrected chi connectivity index (χ1v) is 6.98. The van der Waals surface area contributed by atoms with Crippen LogP contribution in [-0.4, -0.2) is 16.0 Å². The van der Waals surface area contributed by atoms with Crippen molar-refractivity contribution in [2.75, 3.05) is 0 Å². The number of carbonyl (C=O) groups is 1. The van der Waals surface area contributed by atoms with Crippen LogP contribution >= 0.6 is 22.9 Å². The van der Waals surface area contributed by atoms with Gasteiger partial charge in [0.1, 0.15) is 11.5 Å². The molecule has 1 aromatic heterocycles. The molecule has 0 aliphatic heterocycles. The number of nitrogens with zero attached hydrogens (tertiary/aromatic N) is 1. The number of hydrogen-bond acceptors (Lipinski definition) is 5. The summed E-state index contributed by atoms with van der Waals surface area (Å²) in [7, 11) is 0. The zero-order valence-corrected chi connectivity index (χ0v) is 12.4. The number of carboxylic acids is 1. The van der Waals surface area contributed by atoms with Gasteiger partial charge in [-0.3, -0.25) is 10.1 Å². The number of hydrogen-bond donors (Lipinski definition) is 1. The Morgan fingerprint density at radius 3 is 2.81 bits per heavy atom. The normalized spacial score (nSPS) is 10.4. The van der Waals surface area contributed by atoms with Crippen LogP contribution in [0.15, 0.2) is 24.3 Å². The van der Waals surface area contributed by atoms with Gasteiger partial charge < -0.3 is 9.84 Å². The van der Waals surface area contributed by atoms with Gasteiger partial charge in [0.2, 0.25) is 5.75 Å². The molecule has 21 heavy (non-hydrogen) atoms. The number of nitro groups is 1. The maximum atomic E-state index is 10.9. The third-order valence-corrected chi connectivity index (χ3v) is 4.12. The molecule has 0 saturated carbocycles. The van der Waals surface area contributed by atoms with E-state index in [2.05, 4.69) is 0 Å². The molecule has 0 aliphatic carbocycles. The molecule has 1 N–H and O–H groups in total. The molecule has 1 aromatic carbocycles. The maximum Gasteiger partial charge on any atom is 0.345 e. The number of thiophene rings is 1. The molecule has 0 bridgehead atoms. The fraction of sp³-hybridized carbons (Fsp3) is 0.154.